The van der Waals surface area contributed by atoms with Crippen molar-refractivity contribution in [1.82, 2.24) is 0 Å². The Labute approximate surface area is 92.3 Å². The summed E-state index contributed by atoms with van der Waals surface area (Å²) in [6, 6.07) is 3.83. The highest BCUT2D eigenvalue weighted by Crippen LogP contribution is 2.32. The van der Waals surface area contributed by atoms with Crippen molar-refractivity contribution >= 4 is 15.9 Å². The molecular weight excluding hydrogens is 247 g/mol. The molecule has 1 aromatic carbocycles. The van der Waals surface area contributed by atoms with Gasteiger partial charge >= 0.3 is 0 Å². The van der Waals surface area contributed by atoms with E-state index in [1.54, 1.807) is 14.2 Å². The minimum absolute atomic E-state index is 0.598. The molecule has 0 amide bonds. The summed E-state index contributed by atoms with van der Waals surface area (Å²) in [5.74, 6) is 1.64. The van der Waals surface area contributed by atoms with Gasteiger partial charge in [0.1, 0.15) is 11.5 Å². The number of rotatable bonds is 4. The maximum Gasteiger partial charge on any atom is 0.133 e. The second-order valence-electron chi connectivity index (χ2n) is 2.84. The molecule has 0 heterocycles. The number of halogens is 1. The molecule has 0 spiro atoms. The van der Waals surface area contributed by atoms with Crippen LogP contribution in [0.2, 0.25) is 0 Å². The predicted octanol–water partition coefficient (Wildman–Crippen LogP) is 1.97. The average molecular weight is 261 g/mol. The van der Waals surface area contributed by atoms with Crippen molar-refractivity contribution in [3.05, 3.63) is 22.2 Å². The lowest BCUT2D eigenvalue weighted by Gasteiger charge is -2.11. The first-order valence-corrected chi connectivity index (χ1v) is 5.12. The number of benzene rings is 1. The van der Waals surface area contributed by atoms with Crippen molar-refractivity contribution in [2.75, 3.05) is 20.8 Å². The minimum atomic E-state index is 0.598. The van der Waals surface area contributed by atoms with Gasteiger partial charge in [0.05, 0.1) is 18.7 Å². The van der Waals surface area contributed by atoms with E-state index in [0.29, 0.717) is 6.54 Å². The lowest BCUT2D eigenvalue weighted by molar-refractivity contribution is 0.397. The molecule has 78 valence electrons. The summed E-state index contributed by atoms with van der Waals surface area (Å²) in [6.07, 6.45) is 0.785. The molecule has 0 atom stereocenters. The highest BCUT2D eigenvalue weighted by atomic mass is 79.9. The second kappa shape index (κ2) is 5.22. The van der Waals surface area contributed by atoms with Crippen molar-refractivity contribution < 1.29 is 9.47 Å². The fourth-order valence-corrected chi connectivity index (χ4v) is 1.76. The third kappa shape index (κ3) is 2.39. The molecule has 1 rings (SSSR count). The van der Waals surface area contributed by atoms with Gasteiger partial charge in [-0.1, -0.05) is 0 Å². The zero-order chi connectivity index (χ0) is 10.6. The summed E-state index contributed by atoms with van der Waals surface area (Å²) in [6.45, 7) is 0.598. The molecule has 0 aromatic heterocycles. The maximum atomic E-state index is 5.51. The van der Waals surface area contributed by atoms with E-state index in [9.17, 15) is 0 Å². The highest BCUT2D eigenvalue weighted by Gasteiger charge is 2.08. The molecule has 0 aliphatic carbocycles. The van der Waals surface area contributed by atoms with Crippen molar-refractivity contribution in [3.8, 4) is 11.5 Å². The van der Waals surface area contributed by atoms with E-state index in [1.807, 2.05) is 12.1 Å². The van der Waals surface area contributed by atoms with Crippen LogP contribution in [0.15, 0.2) is 16.6 Å². The molecule has 0 unspecified atom stereocenters. The monoisotopic (exact) mass is 260 g/mol. The Balaban J connectivity index is 3.11. The number of ether oxygens (including phenoxy) is 2. The van der Waals surface area contributed by atoms with Crippen LogP contribution in [0.25, 0.3) is 0 Å². The zero-order valence-electron chi connectivity index (χ0n) is 8.34. The smallest absolute Gasteiger partial charge is 0.133 e. The first-order valence-electron chi connectivity index (χ1n) is 4.33. The number of methoxy groups -OCH3 is 2. The molecule has 14 heavy (non-hydrogen) atoms. The Hall–Kier alpha value is -0.740. The fraction of sp³-hybridized carbons (Fsp3) is 0.400. The van der Waals surface area contributed by atoms with E-state index in [4.69, 9.17) is 15.2 Å². The Morgan fingerprint density at radius 2 is 1.86 bits per heavy atom. The SMILES string of the molecule is COc1cc(Br)c(OC)[13cH]c1CCN. The molecule has 0 aliphatic rings. The molecule has 1 aromatic rings. The minimum Gasteiger partial charge on any atom is -0.496 e. The molecule has 0 fully saturated rings. The van der Waals surface area contributed by atoms with Crippen LogP contribution in [0.5, 0.6) is 11.5 Å². The van der Waals surface area contributed by atoms with Crippen LogP contribution in [0.1, 0.15) is 5.56 Å². The van der Waals surface area contributed by atoms with Gasteiger partial charge in [-0.25, -0.2) is 0 Å². The summed E-state index contributed by atoms with van der Waals surface area (Å²) in [5, 5.41) is 0. The van der Waals surface area contributed by atoms with Crippen LogP contribution in [-0.2, 0) is 6.42 Å². The van der Waals surface area contributed by atoms with Gasteiger partial charge in [-0.2, -0.15) is 0 Å². The standard InChI is InChI=1S/C10H14BrNO2/c1-13-9-6-8(11)10(14-2)5-7(9)3-4-12/h5-6H,3-4,12H2,1-2H3/i5+1. The first kappa shape index (κ1) is 11.3. The van der Waals surface area contributed by atoms with Gasteiger partial charge in [0.15, 0.2) is 0 Å². The molecule has 0 bridgehead atoms. The van der Waals surface area contributed by atoms with Crippen molar-refractivity contribution in [1.29, 1.82) is 0 Å². The van der Waals surface area contributed by atoms with Gasteiger partial charge in [0, 0.05) is 0 Å². The van der Waals surface area contributed by atoms with E-state index in [-0.39, 0.29) is 0 Å². The molecular formula is C10H14BrNO2. The summed E-state index contributed by atoms with van der Waals surface area (Å²) in [7, 11) is 3.28. The molecule has 2 N–H and O–H groups in total. The van der Waals surface area contributed by atoms with Crippen molar-refractivity contribution in [2.45, 2.75) is 6.42 Å². The Morgan fingerprint density at radius 1 is 1.21 bits per heavy atom. The lowest BCUT2D eigenvalue weighted by Crippen LogP contribution is -2.04. The Bertz CT molecular complexity index is 315. The first-order chi connectivity index (χ1) is 6.72. The average Bonchev–Trinajstić information content (AvgIpc) is 2.20. The quantitative estimate of drug-likeness (QED) is 0.901. The summed E-state index contributed by atoms with van der Waals surface area (Å²) >= 11 is 3.40. The van der Waals surface area contributed by atoms with Gasteiger partial charge < -0.3 is 15.2 Å². The van der Waals surface area contributed by atoms with Crippen LogP contribution >= 0.6 is 15.9 Å². The van der Waals surface area contributed by atoms with E-state index in [2.05, 4.69) is 15.9 Å². The van der Waals surface area contributed by atoms with Crippen molar-refractivity contribution in [2.24, 2.45) is 5.73 Å². The van der Waals surface area contributed by atoms with Gasteiger partial charge in [-0.05, 0) is 46.6 Å². The fourth-order valence-electron chi connectivity index (χ4n) is 1.27. The van der Waals surface area contributed by atoms with Crippen LogP contribution in [-0.4, -0.2) is 20.8 Å². The lowest BCUT2D eigenvalue weighted by atomic mass is 10.2. The van der Waals surface area contributed by atoms with Crippen LogP contribution in [0.4, 0.5) is 0 Å². The third-order valence-corrected chi connectivity index (χ3v) is 2.59. The largest absolute Gasteiger partial charge is 0.496 e. The zero-order valence-corrected chi connectivity index (χ0v) is 9.93. The summed E-state index contributed by atoms with van der Waals surface area (Å²) < 4.78 is 11.3. The number of hydrogen-bond donors (Lipinski definition) is 1. The van der Waals surface area contributed by atoms with Gasteiger partial charge in [-0.3, -0.25) is 0 Å². The predicted molar refractivity (Wildman–Crippen MR) is 60.0 cm³/mol. The molecule has 0 saturated carbocycles. The van der Waals surface area contributed by atoms with Gasteiger partial charge in [0.2, 0.25) is 0 Å². The van der Waals surface area contributed by atoms with Crippen molar-refractivity contribution in [3.63, 3.8) is 0 Å². The molecule has 3 nitrogen and oxygen atoms in total. The van der Waals surface area contributed by atoms with E-state index >= 15 is 0 Å². The normalized spacial score (nSPS) is 10.0. The molecule has 0 saturated heterocycles. The van der Waals surface area contributed by atoms with Gasteiger partial charge in [-0.15, -0.1) is 0 Å². The van der Waals surface area contributed by atoms with E-state index < -0.39 is 0 Å². The topological polar surface area (TPSA) is 44.5 Å². The molecule has 0 radical (unpaired) electrons. The van der Waals surface area contributed by atoms with Crippen LogP contribution in [0, 0.1) is 0 Å². The Kier molecular flexibility index (Phi) is 4.22. The van der Waals surface area contributed by atoms with E-state index in [0.717, 1.165) is 28.0 Å². The van der Waals surface area contributed by atoms with Crippen LogP contribution < -0.4 is 15.2 Å². The maximum absolute atomic E-state index is 5.51. The number of hydrogen-bond acceptors (Lipinski definition) is 3. The second-order valence-corrected chi connectivity index (χ2v) is 3.69. The van der Waals surface area contributed by atoms with E-state index in [1.165, 1.54) is 0 Å². The molecule has 4 heteroatoms. The highest BCUT2D eigenvalue weighted by molar-refractivity contribution is 9.10. The Morgan fingerprint density at radius 3 is 2.36 bits per heavy atom. The molecule has 0 aliphatic heterocycles. The van der Waals surface area contributed by atoms with Crippen LogP contribution in [0.3, 0.4) is 0 Å². The number of nitrogens with two attached hydrogens (primary N) is 1. The van der Waals surface area contributed by atoms with Gasteiger partial charge in [0.25, 0.3) is 0 Å². The third-order valence-electron chi connectivity index (χ3n) is 1.97. The summed E-state index contributed by atoms with van der Waals surface area (Å²) in [4.78, 5) is 0. The summed E-state index contributed by atoms with van der Waals surface area (Å²) in [5.41, 5.74) is 6.57.